The zero-order valence-electron chi connectivity index (χ0n) is 16.6. The quantitative estimate of drug-likeness (QED) is 0.458. The van der Waals surface area contributed by atoms with E-state index in [1.165, 1.54) is 11.3 Å². The predicted molar refractivity (Wildman–Crippen MR) is 121 cm³/mol. The van der Waals surface area contributed by atoms with E-state index in [1.807, 2.05) is 60.7 Å². The number of rotatable bonds is 5. The fraction of sp³-hybridized carbons (Fsp3) is 0.125. The van der Waals surface area contributed by atoms with Crippen molar-refractivity contribution < 1.29 is 14.0 Å². The first kappa shape index (κ1) is 19.3. The molecule has 2 aromatic carbocycles. The highest BCUT2D eigenvalue weighted by molar-refractivity contribution is 7.17. The fourth-order valence-corrected chi connectivity index (χ4v) is 4.58. The van der Waals surface area contributed by atoms with Gasteiger partial charge < -0.3 is 14.6 Å². The van der Waals surface area contributed by atoms with Crippen molar-refractivity contribution >= 4 is 34.5 Å². The smallest absolute Gasteiger partial charge is 0.268 e. The maximum Gasteiger partial charge on any atom is 0.268 e. The van der Waals surface area contributed by atoms with Gasteiger partial charge in [-0.15, -0.1) is 11.3 Å². The predicted octanol–water partition coefficient (Wildman–Crippen LogP) is 5.45. The highest BCUT2D eigenvalue weighted by Gasteiger charge is 2.23. The van der Waals surface area contributed by atoms with Crippen molar-refractivity contribution in [2.75, 3.05) is 16.8 Å². The van der Waals surface area contributed by atoms with E-state index in [4.69, 9.17) is 4.42 Å². The number of hydrogen-bond acceptors (Lipinski definition) is 5. The van der Waals surface area contributed by atoms with E-state index in [1.54, 1.807) is 17.2 Å². The third-order valence-corrected chi connectivity index (χ3v) is 6.17. The molecule has 31 heavy (non-hydrogen) atoms. The monoisotopic (exact) mass is 429 g/mol. The average Bonchev–Trinajstić information content (AvgIpc) is 3.55. The molecule has 6 nitrogen and oxygen atoms in total. The first-order chi connectivity index (χ1) is 15.2. The Morgan fingerprint density at radius 3 is 2.68 bits per heavy atom. The lowest BCUT2D eigenvalue weighted by molar-refractivity contribution is -0.117. The molecule has 4 aromatic rings. The zero-order valence-corrected chi connectivity index (χ0v) is 17.4. The summed E-state index contributed by atoms with van der Waals surface area (Å²) in [5.74, 6) is 0.482. The molecule has 0 atom stereocenters. The molecule has 2 amide bonds. The summed E-state index contributed by atoms with van der Waals surface area (Å²) in [6.45, 7) is 0.704. The van der Waals surface area contributed by atoms with Crippen LogP contribution in [-0.4, -0.2) is 23.3 Å². The Labute approximate surface area is 183 Å². The second-order valence-electron chi connectivity index (χ2n) is 7.19. The molecule has 1 aliphatic rings. The molecule has 1 N–H and O–H groups in total. The van der Waals surface area contributed by atoms with Crippen LogP contribution in [0, 0.1) is 0 Å². The Balaban J connectivity index is 1.47. The number of aromatic nitrogens is 1. The minimum Gasteiger partial charge on any atom is -0.462 e. The summed E-state index contributed by atoms with van der Waals surface area (Å²) < 4.78 is 5.48. The van der Waals surface area contributed by atoms with E-state index in [2.05, 4.69) is 10.3 Å². The second-order valence-corrected chi connectivity index (χ2v) is 8.19. The standard InChI is InChI=1S/C24H19N3O3S/c28-20-12-5-13-27(20)18-10-4-9-17(15-18)25-23(29)22-21(16-7-2-1-3-8-16)26-24(31-22)19-11-6-14-30-19/h1-4,6-11,14-15H,5,12-13H2,(H,25,29). The summed E-state index contributed by atoms with van der Waals surface area (Å²) in [4.78, 5) is 32.2. The van der Waals surface area contributed by atoms with Gasteiger partial charge in [0.1, 0.15) is 4.88 Å². The Morgan fingerprint density at radius 1 is 1.06 bits per heavy atom. The normalized spacial score (nSPS) is 13.5. The number of hydrogen-bond donors (Lipinski definition) is 1. The van der Waals surface area contributed by atoms with Crippen LogP contribution in [0.15, 0.2) is 77.4 Å². The van der Waals surface area contributed by atoms with Crippen molar-refractivity contribution in [2.24, 2.45) is 0 Å². The molecule has 7 heteroatoms. The Morgan fingerprint density at radius 2 is 1.94 bits per heavy atom. The molecule has 3 heterocycles. The number of benzene rings is 2. The van der Waals surface area contributed by atoms with Gasteiger partial charge in [-0.05, 0) is 36.8 Å². The molecule has 0 bridgehead atoms. The van der Waals surface area contributed by atoms with Gasteiger partial charge in [-0.25, -0.2) is 4.98 Å². The van der Waals surface area contributed by atoms with Crippen LogP contribution >= 0.6 is 11.3 Å². The molecular weight excluding hydrogens is 410 g/mol. The fourth-order valence-electron chi connectivity index (χ4n) is 3.63. The Bertz CT molecular complexity index is 1230. The van der Waals surface area contributed by atoms with Crippen molar-refractivity contribution in [3.63, 3.8) is 0 Å². The molecule has 1 saturated heterocycles. The molecular formula is C24H19N3O3S. The van der Waals surface area contributed by atoms with Crippen LogP contribution in [0.1, 0.15) is 22.5 Å². The van der Waals surface area contributed by atoms with Crippen molar-refractivity contribution in [2.45, 2.75) is 12.8 Å². The van der Waals surface area contributed by atoms with Gasteiger partial charge in [0.15, 0.2) is 10.8 Å². The van der Waals surface area contributed by atoms with E-state index >= 15 is 0 Å². The first-order valence-electron chi connectivity index (χ1n) is 10.0. The number of nitrogens with zero attached hydrogens (tertiary/aromatic N) is 2. The van der Waals surface area contributed by atoms with Crippen LogP contribution in [0.4, 0.5) is 11.4 Å². The largest absolute Gasteiger partial charge is 0.462 e. The third kappa shape index (κ3) is 3.87. The summed E-state index contributed by atoms with van der Waals surface area (Å²) >= 11 is 1.29. The van der Waals surface area contributed by atoms with E-state index in [-0.39, 0.29) is 11.8 Å². The topological polar surface area (TPSA) is 75.4 Å². The molecule has 0 spiro atoms. The van der Waals surface area contributed by atoms with Gasteiger partial charge in [0, 0.05) is 29.9 Å². The van der Waals surface area contributed by atoms with E-state index < -0.39 is 0 Å². The van der Waals surface area contributed by atoms with Crippen LogP contribution < -0.4 is 10.2 Å². The molecule has 0 aliphatic carbocycles. The van der Waals surface area contributed by atoms with Crippen LogP contribution in [0.25, 0.3) is 22.0 Å². The van der Waals surface area contributed by atoms with Crippen molar-refractivity contribution in [3.05, 3.63) is 77.9 Å². The minimum absolute atomic E-state index is 0.111. The highest BCUT2D eigenvalue weighted by Crippen LogP contribution is 2.35. The third-order valence-electron chi connectivity index (χ3n) is 5.10. The lowest BCUT2D eigenvalue weighted by atomic mass is 10.1. The van der Waals surface area contributed by atoms with Crippen LogP contribution in [0.3, 0.4) is 0 Å². The molecule has 1 aliphatic heterocycles. The number of amides is 2. The first-order valence-corrected chi connectivity index (χ1v) is 10.8. The van der Waals surface area contributed by atoms with E-state index in [0.29, 0.717) is 40.0 Å². The van der Waals surface area contributed by atoms with Gasteiger partial charge >= 0.3 is 0 Å². The molecule has 2 aromatic heterocycles. The van der Waals surface area contributed by atoms with Gasteiger partial charge in [-0.2, -0.15) is 0 Å². The minimum atomic E-state index is -0.251. The van der Waals surface area contributed by atoms with Crippen LogP contribution in [0.2, 0.25) is 0 Å². The number of anilines is 2. The van der Waals surface area contributed by atoms with E-state index in [0.717, 1.165) is 17.7 Å². The second kappa shape index (κ2) is 8.20. The SMILES string of the molecule is O=C(Nc1cccc(N2CCCC2=O)c1)c1sc(-c2ccco2)nc1-c1ccccc1. The van der Waals surface area contributed by atoms with Crippen LogP contribution in [0.5, 0.6) is 0 Å². The van der Waals surface area contributed by atoms with E-state index in [9.17, 15) is 9.59 Å². The number of carbonyl (C=O) groups is 2. The molecule has 0 radical (unpaired) electrons. The summed E-state index contributed by atoms with van der Waals surface area (Å²) in [7, 11) is 0. The maximum absolute atomic E-state index is 13.2. The zero-order chi connectivity index (χ0) is 21.2. The van der Waals surface area contributed by atoms with Gasteiger partial charge in [0.25, 0.3) is 5.91 Å². The summed E-state index contributed by atoms with van der Waals surface area (Å²) in [5, 5.41) is 3.61. The average molecular weight is 430 g/mol. The molecule has 154 valence electrons. The van der Waals surface area contributed by atoms with Gasteiger partial charge in [-0.3, -0.25) is 9.59 Å². The molecule has 5 rings (SSSR count). The summed E-state index contributed by atoms with van der Waals surface area (Å²) in [6, 6.07) is 20.6. The Hall–Kier alpha value is -3.71. The lowest BCUT2D eigenvalue weighted by Crippen LogP contribution is -2.23. The van der Waals surface area contributed by atoms with Gasteiger partial charge in [-0.1, -0.05) is 36.4 Å². The number of furan rings is 1. The van der Waals surface area contributed by atoms with Gasteiger partial charge in [0.2, 0.25) is 5.91 Å². The van der Waals surface area contributed by atoms with Crippen LogP contribution in [-0.2, 0) is 4.79 Å². The summed E-state index contributed by atoms with van der Waals surface area (Å²) in [5.41, 5.74) is 2.90. The van der Waals surface area contributed by atoms with Crippen molar-refractivity contribution in [1.82, 2.24) is 4.98 Å². The molecule has 0 saturated carbocycles. The summed E-state index contributed by atoms with van der Waals surface area (Å²) in [6.07, 6.45) is 3.00. The molecule has 1 fully saturated rings. The molecule has 0 unspecified atom stereocenters. The number of thiazole rings is 1. The Kier molecular flexibility index (Phi) is 5.09. The lowest BCUT2D eigenvalue weighted by Gasteiger charge is -2.16. The number of carbonyl (C=O) groups excluding carboxylic acids is 2. The van der Waals surface area contributed by atoms with Gasteiger partial charge in [0.05, 0.1) is 12.0 Å². The van der Waals surface area contributed by atoms with Crippen molar-refractivity contribution in [3.8, 4) is 22.0 Å². The highest BCUT2D eigenvalue weighted by atomic mass is 32.1. The number of nitrogens with one attached hydrogen (secondary N) is 1. The maximum atomic E-state index is 13.2. The van der Waals surface area contributed by atoms with Crippen molar-refractivity contribution in [1.29, 1.82) is 0 Å².